The topological polar surface area (TPSA) is 76.2 Å². The minimum Gasteiger partial charge on any atom is -0.486 e. The smallest absolute Gasteiger partial charge is 0.245 e. The van der Waals surface area contributed by atoms with Crippen LogP contribution in [0.25, 0.3) is 0 Å². The first-order valence-electron chi connectivity index (χ1n) is 9.96. The summed E-state index contributed by atoms with van der Waals surface area (Å²) in [4.78, 5) is 41.7. The van der Waals surface area contributed by atoms with Crippen LogP contribution in [-0.4, -0.2) is 71.9 Å². The van der Waals surface area contributed by atoms with E-state index in [4.69, 9.17) is 9.47 Å². The first-order valence-corrected chi connectivity index (χ1v) is 9.96. The van der Waals surface area contributed by atoms with Crippen molar-refractivity contribution in [2.75, 3.05) is 32.8 Å². The van der Waals surface area contributed by atoms with Crippen LogP contribution in [0.3, 0.4) is 0 Å². The molecule has 7 nitrogen and oxygen atoms in total. The highest BCUT2D eigenvalue weighted by Crippen LogP contribution is 2.39. The minimum absolute atomic E-state index is 0.0430. The van der Waals surface area contributed by atoms with Crippen molar-refractivity contribution in [1.29, 1.82) is 0 Å². The number of Topliss-reactive ketones (excluding diaryl/α,β-unsaturated/α-hetero) is 1. The molecule has 0 radical (unpaired) electrons. The average Bonchev–Trinajstić information content (AvgIpc) is 2.87. The predicted molar refractivity (Wildman–Crippen MR) is 101 cm³/mol. The summed E-state index contributed by atoms with van der Waals surface area (Å²) in [5.74, 6) is 0.553. The maximum Gasteiger partial charge on any atom is 0.245 e. The predicted octanol–water partition coefficient (Wildman–Crippen LogP) is 1.65. The van der Waals surface area contributed by atoms with Crippen LogP contribution in [0.4, 0.5) is 0 Å². The van der Waals surface area contributed by atoms with Gasteiger partial charge in [-0.05, 0) is 25.5 Å². The number of morpholine rings is 1. The Kier molecular flexibility index (Phi) is 5.10. The van der Waals surface area contributed by atoms with Crippen molar-refractivity contribution < 1.29 is 23.9 Å². The first kappa shape index (κ1) is 18.9. The number of ketones is 1. The molecule has 3 heterocycles. The van der Waals surface area contributed by atoms with E-state index in [0.29, 0.717) is 57.0 Å². The largest absolute Gasteiger partial charge is 0.486 e. The van der Waals surface area contributed by atoms with Crippen LogP contribution in [0.2, 0.25) is 0 Å². The van der Waals surface area contributed by atoms with Crippen molar-refractivity contribution in [3.8, 4) is 5.75 Å². The molecule has 3 aliphatic heterocycles. The summed E-state index contributed by atoms with van der Waals surface area (Å²) in [6, 6.07) is 6.75. The number of amides is 2. The van der Waals surface area contributed by atoms with Gasteiger partial charge in [0.2, 0.25) is 11.8 Å². The molecular weight excluding hydrogens is 360 g/mol. The molecule has 0 aromatic heterocycles. The standard InChI is InChI=1S/C21H26N2O5/c1-15(20(26)22-10-12-27-13-11-22)23-9-8-21(7-6-19(23)25)14-17(24)16-4-2-3-5-18(16)28-21/h2-5,15H,6-14H2,1H3. The van der Waals surface area contributed by atoms with Crippen molar-refractivity contribution in [3.05, 3.63) is 29.8 Å². The van der Waals surface area contributed by atoms with Gasteiger partial charge in [0, 0.05) is 32.5 Å². The molecular formula is C21H26N2O5. The highest BCUT2D eigenvalue weighted by atomic mass is 16.5. The first-order chi connectivity index (χ1) is 13.5. The Morgan fingerprint density at radius 1 is 1.11 bits per heavy atom. The number of rotatable bonds is 2. The molecule has 1 spiro atoms. The molecule has 3 aliphatic rings. The number of nitrogens with zero attached hydrogens (tertiary/aromatic N) is 2. The number of para-hydroxylation sites is 1. The van der Waals surface area contributed by atoms with Crippen molar-refractivity contribution in [1.82, 2.24) is 9.80 Å². The molecule has 1 aromatic rings. The van der Waals surface area contributed by atoms with Gasteiger partial charge in [-0.3, -0.25) is 14.4 Å². The number of hydrogen-bond acceptors (Lipinski definition) is 5. The number of benzene rings is 1. The molecule has 2 amide bonds. The summed E-state index contributed by atoms with van der Waals surface area (Å²) in [6.45, 7) is 4.38. The van der Waals surface area contributed by atoms with Crippen LogP contribution >= 0.6 is 0 Å². The second kappa shape index (κ2) is 7.54. The highest BCUT2D eigenvalue weighted by Gasteiger charge is 2.44. The van der Waals surface area contributed by atoms with Gasteiger partial charge in [0.1, 0.15) is 17.4 Å². The molecule has 0 bridgehead atoms. The van der Waals surface area contributed by atoms with Crippen molar-refractivity contribution in [3.63, 3.8) is 0 Å². The summed E-state index contributed by atoms with van der Waals surface area (Å²) >= 11 is 0. The van der Waals surface area contributed by atoms with Gasteiger partial charge in [0.25, 0.3) is 0 Å². The molecule has 1 aromatic carbocycles. The Hall–Kier alpha value is -2.41. The fraction of sp³-hybridized carbons (Fsp3) is 0.571. The van der Waals surface area contributed by atoms with Crippen LogP contribution in [0.1, 0.15) is 43.0 Å². The third-order valence-corrected chi connectivity index (χ3v) is 6.07. The van der Waals surface area contributed by atoms with Gasteiger partial charge in [0.15, 0.2) is 5.78 Å². The summed E-state index contributed by atoms with van der Waals surface area (Å²) < 4.78 is 11.6. The van der Waals surface area contributed by atoms with Crippen molar-refractivity contribution in [2.24, 2.45) is 0 Å². The van der Waals surface area contributed by atoms with Gasteiger partial charge < -0.3 is 19.3 Å². The Morgan fingerprint density at radius 3 is 2.64 bits per heavy atom. The summed E-state index contributed by atoms with van der Waals surface area (Å²) in [7, 11) is 0. The van der Waals surface area contributed by atoms with E-state index >= 15 is 0 Å². The SMILES string of the molecule is CC(C(=O)N1CCOCC1)N1CCC2(CCC1=O)CC(=O)c1ccccc1O2. The lowest BCUT2D eigenvalue weighted by molar-refractivity contribution is -0.147. The number of ether oxygens (including phenoxy) is 2. The van der Waals surface area contributed by atoms with Gasteiger partial charge in [0.05, 0.1) is 25.2 Å². The molecule has 28 heavy (non-hydrogen) atoms. The summed E-state index contributed by atoms with van der Waals surface area (Å²) in [5, 5.41) is 0. The maximum atomic E-state index is 12.8. The minimum atomic E-state index is -0.669. The number of fused-ring (bicyclic) bond motifs is 1. The van der Waals surface area contributed by atoms with Crippen LogP contribution in [0.15, 0.2) is 24.3 Å². The Morgan fingerprint density at radius 2 is 1.86 bits per heavy atom. The molecule has 2 unspecified atom stereocenters. The average molecular weight is 386 g/mol. The number of hydrogen-bond donors (Lipinski definition) is 0. The molecule has 0 saturated carbocycles. The molecule has 150 valence electrons. The van der Waals surface area contributed by atoms with Crippen LogP contribution in [0, 0.1) is 0 Å². The van der Waals surface area contributed by atoms with Crippen LogP contribution in [-0.2, 0) is 14.3 Å². The fourth-order valence-electron chi connectivity index (χ4n) is 4.37. The number of carbonyl (C=O) groups excluding carboxylic acids is 3. The summed E-state index contributed by atoms with van der Waals surface area (Å²) in [5.41, 5.74) is -0.0613. The van der Waals surface area contributed by atoms with E-state index in [-0.39, 0.29) is 30.4 Å². The molecule has 4 rings (SSSR count). The lowest BCUT2D eigenvalue weighted by Gasteiger charge is -2.37. The Bertz CT molecular complexity index is 789. The van der Waals surface area contributed by atoms with E-state index in [1.807, 2.05) is 18.2 Å². The third-order valence-electron chi connectivity index (χ3n) is 6.07. The Balaban J connectivity index is 1.49. The van der Waals surface area contributed by atoms with E-state index in [2.05, 4.69) is 0 Å². The third kappa shape index (κ3) is 3.51. The van der Waals surface area contributed by atoms with Crippen LogP contribution < -0.4 is 4.74 Å². The van der Waals surface area contributed by atoms with Crippen molar-refractivity contribution >= 4 is 17.6 Å². The van der Waals surface area contributed by atoms with Gasteiger partial charge >= 0.3 is 0 Å². The van der Waals surface area contributed by atoms with E-state index in [0.717, 1.165) is 0 Å². The van der Waals surface area contributed by atoms with Gasteiger partial charge in [-0.15, -0.1) is 0 Å². The van der Waals surface area contributed by atoms with Crippen LogP contribution in [0.5, 0.6) is 5.75 Å². The molecule has 2 saturated heterocycles. The zero-order valence-electron chi connectivity index (χ0n) is 16.2. The molecule has 2 atom stereocenters. The van der Waals surface area contributed by atoms with E-state index in [1.165, 1.54) is 0 Å². The molecule has 2 fully saturated rings. The second-order valence-electron chi connectivity index (χ2n) is 7.83. The second-order valence-corrected chi connectivity index (χ2v) is 7.83. The maximum absolute atomic E-state index is 12.8. The fourth-order valence-corrected chi connectivity index (χ4v) is 4.37. The zero-order chi connectivity index (χ0) is 19.7. The van der Waals surface area contributed by atoms with E-state index in [1.54, 1.807) is 22.8 Å². The summed E-state index contributed by atoms with van der Waals surface area (Å²) in [6.07, 6.45) is 1.58. The Labute approximate surface area is 164 Å². The van der Waals surface area contributed by atoms with Crippen molar-refractivity contribution in [2.45, 2.75) is 44.2 Å². The normalized spacial score (nSPS) is 26.5. The lowest BCUT2D eigenvalue weighted by Crippen LogP contribution is -2.52. The molecule has 0 aliphatic carbocycles. The number of likely N-dealkylation sites (tertiary alicyclic amines) is 1. The van der Waals surface area contributed by atoms with Gasteiger partial charge in [-0.2, -0.15) is 0 Å². The zero-order valence-corrected chi connectivity index (χ0v) is 16.2. The lowest BCUT2D eigenvalue weighted by atomic mass is 9.84. The van der Waals surface area contributed by atoms with Gasteiger partial charge in [-0.25, -0.2) is 0 Å². The van der Waals surface area contributed by atoms with E-state index < -0.39 is 11.6 Å². The highest BCUT2D eigenvalue weighted by molar-refractivity contribution is 6.00. The molecule has 7 heteroatoms. The molecule has 0 N–H and O–H groups in total. The van der Waals surface area contributed by atoms with Gasteiger partial charge in [-0.1, -0.05) is 12.1 Å². The monoisotopic (exact) mass is 386 g/mol. The number of carbonyl (C=O) groups is 3. The quantitative estimate of drug-likeness (QED) is 0.773. The van der Waals surface area contributed by atoms with E-state index in [9.17, 15) is 14.4 Å².